The fraction of sp³-hybridized carbons (Fsp3) is 0. The summed E-state index contributed by atoms with van der Waals surface area (Å²) in [7, 11) is 0. The van der Waals surface area contributed by atoms with Crippen LogP contribution in [0.4, 0.5) is 5.69 Å². The molecule has 2 N–H and O–H groups in total. The zero-order chi connectivity index (χ0) is 34.6. The number of fused-ring (bicyclic) bond motifs is 6. The Balaban J connectivity index is 1.21. The largest absolute Gasteiger partial charge is 0.398 e. The predicted molar refractivity (Wildman–Crippen MR) is 200 cm³/mol. The first-order chi connectivity index (χ1) is 25.1. The highest BCUT2D eigenvalue weighted by atomic mass is 15.0. The standard InChI is InChI=1S/C43H24N8/c44-23-30-9-8-26(18-31(30)24-45)28-11-14-38-35(20-28)42-40(6-2-16-48-42)50(38)33-4-1-5-34(22-33)51-39-15-12-29(27-10-13-37(47)32(19-27)25-46)21-36(39)43-41(51)7-3-17-49-43/h1-22H,47H2. The summed E-state index contributed by atoms with van der Waals surface area (Å²) in [5, 5.41) is 30.6. The Morgan fingerprint density at radius 1 is 0.451 bits per heavy atom. The highest BCUT2D eigenvalue weighted by Crippen LogP contribution is 2.37. The molecule has 236 valence electrons. The van der Waals surface area contributed by atoms with E-state index in [0.29, 0.717) is 22.4 Å². The van der Waals surface area contributed by atoms with Crippen molar-refractivity contribution in [1.82, 2.24) is 19.1 Å². The lowest BCUT2D eigenvalue weighted by atomic mass is 9.99. The third kappa shape index (κ3) is 4.59. The second kappa shape index (κ2) is 11.5. The molecule has 0 amide bonds. The zero-order valence-corrected chi connectivity index (χ0v) is 26.9. The van der Waals surface area contributed by atoms with Gasteiger partial charge in [-0.05, 0) is 113 Å². The maximum absolute atomic E-state index is 9.62. The Hall–Kier alpha value is -7.73. The third-order valence-corrected chi connectivity index (χ3v) is 9.49. The minimum Gasteiger partial charge on any atom is -0.398 e. The van der Waals surface area contributed by atoms with Crippen LogP contribution in [0.1, 0.15) is 16.7 Å². The number of nitriles is 3. The lowest BCUT2D eigenvalue weighted by Gasteiger charge is -2.13. The molecule has 5 aromatic carbocycles. The van der Waals surface area contributed by atoms with Crippen molar-refractivity contribution >= 4 is 49.6 Å². The van der Waals surface area contributed by atoms with E-state index in [0.717, 1.165) is 77.5 Å². The Bertz CT molecular complexity index is 3040. The Morgan fingerprint density at radius 2 is 0.941 bits per heavy atom. The summed E-state index contributed by atoms with van der Waals surface area (Å²) in [6.07, 6.45) is 3.61. The first kappa shape index (κ1) is 29.4. The van der Waals surface area contributed by atoms with Crippen LogP contribution in [0.2, 0.25) is 0 Å². The SMILES string of the molecule is N#Cc1cc(-c2ccc3c(c2)c2ncccc2n3-c2cccc(-n3c4ccc(-c5ccc(C#N)c(C#N)c5)cc4c4ncccc43)c2)ccc1N. The van der Waals surface area contributed by atoms with E-state index in [2.05, 4.69) is 94.1 Å². The van der Waals surface area contributed by atoms with Gasteiger partial charge in [0.1, 0.15) is 18.2 Å². The number of nitrogens with zero attached hydrogens (tertiary/aromatic N) is 7. The zero-order valence-electron chi connectivity index (χ0n) is 26.9. The molecule has 9 aromatic rings. The van der Waals surface area contributed by atoms with E-state index in [-0.39, 0.29) is 0 Å². The number of anilines is 1. The van der Waals surface area contributed by atoms with Crippen LogP contribution in [0.3, 0.4) is 0 Å². The van der Waals surface area contributed by atoms with Crippen molar-refractivity contribution < 1.29 is 0 Å². The molecule has 4 heterocycles. The van der Waals surface area contributed by atoms with Gasteiger partial charge in [-0.3, -0.25) is 9.97 Å². The van der Waals surface area contributed by atoms with Crippen LogP contribution in [-0.2, 0) is 0 Å². The highest BCUT2D eigenvalue weighted by Gasteiger charge is 2.18. The second-order valence-electron chi connectivity index (χ2n) is 12.3. The Morgan fingerprint density at radius 3 is 1.49 bits per heavy atom. The summed E-state index contributed by atoms with van der Waals surface area (Å²) in [6.45, 7) is 0. The summed E-state index contributed by atoms with van der Waals surface area (Å²) in [5.41, 5.74) is 18.9. The average Bonchev–Trinajstić information content (AvgIpc) is 3.70. The molecule has 0 bridgehead atoms. The van der Waals surface area contributed by atoms with Crippen LogP contribution in [0, 0.1) is 34.0 Å². The number of nitrogens with two attached hydrogens (primary N) is 1. The first-order valence-corrected chi connectivity index (χ1v) is 16.2. The van der Waals surface area contributed by atoms with Gasteiger partial charge in [-0.2, -0.15) is 15.8 Å². The van der Waals surface area contributed by atoms with E-state index in [1.165, 1.54) is 0 Å². The quantitative estimate of drug-likeness (QED) is 0.189. The van der Waals surface area contributed by atoms with Crippen molar-refractivity contribution in [1.29, 1.82) is 15.8 Å². The molecular formula is C43H24N8. The fourth-order valence-corrected chi connectivity index (χ4v) is 7.10. The molecule has 0 atom stereocenters. The number of aromatic nitrogens is 4. The normalized spacial score (nSPS) is 11.2. The van der Waals surface area contributed by atoms with Crippen LogP contribution in [0.15, 0.2) is 134 Å². The summed E-state index contributed by atoms with van der Waals surface area (Å²) < 4.78 is 4.46. The van der Waals surface area contributed by atoms with Gasteiger partial charge in [0.15, 0.2) is 0 Å². The molecule has 0 unspecified atom stereocenters. The molecule has 0 saturated heterocycles. The van der Waals surface area contributed by atoms with Crippen molar-refractivity contribution in [2.75, 3.05) is 5.73 Å². The minimum atomic E-state index is 0.349. The van der Waals surface area contributed by atoms with Crippen molar-refractivity contribution in [2.24, 2.45) is 0 Å². The molecule has 0 aliphatic heterocycles. The van der Waals surface area contributed by atoms with Gasteiger partial charge in [0.2, 0.25) is 0 Å². The van der Waals surface area contributed by atoms with Crippen LogP contribution < -0.4 is 5.73 Å². The van der Waals surface area contributed by atoms with Gasteiger partial charge >= 0.3 is 0 Å². The molecule has 8 nitrogen and oxygen atoms in total. The van der Waals surface area contributed by atoms with Crippen molar-refractivity contribution in [3.05, 3.63) is 150 Å². The van der Waals surface area contributed by atoms with Gasteiger partial charge in [0.05, 0.1) is 49.8 Å². The molecule has 0 fully saturated rings. The summed E-state index contributed by atoms with van der Waals surface area (Å²) >= 11 is 0. The smallest absolute Gasteiger partial charge is 0.101 e. The molecule has 0 aliphatic carbocycles. The molecule has 51 heavy (non-hydrogen) atoms. The lowest BCUT2D eigenvalue weighted by molar-refractivity contribution is 1.13. The minimum absolute atomic E-state index is 0.349. The Kier molecular flexibility index (Phi) is 6.61. The molecule has 0 aliphatic rings. The van der Waals surface area contributed by atoms with Crippen molar-refractivity contribution in [3.8, 4) is 51.8 Å². The Labute approximate surface area is 291 Å². The maximum atomic E-state index is 9.62. The molecule has 9 rings (SSSR count). The number of hydrogen-bond acceptors (Lipinski definition) is 6. The molecule has 0 radical (unpaired) electrons. The number of rotatable bonds is 4. The monoisotopic (exact) mass is 652 g/mol. The summed E-state index contributed by atoms with van der Waals surface area (Å²) in [4.78, 5) is 9.61. The van der Waals surface area contributed by atoms with Gasteiger partial charge in [-0.1, -0.05) is 30.3 Å². The molecular weight excluding hydrogens is 629 g/mol. The molecule has 8 heteroatoms. The van der Waals surface area contributed by atoms with Gasteiger partial charge in [0, 0.05) is 40.2 Å². The topological polar surface area (TPSA) is 133 Å². The lowest BCUT2D eigenvalue weighted by Crippen LogP contribution is -1.98. The number of hydrogen-bond donors (Lipinski definition) is 1. The van der Waals surface area contributed by atoms with E-state index in [9.17, 15) is 15.8 Å². The third-order valence-electron chi connectivity index (χ3n) is 9.49. The van der Waals surface area contributed by atoms with E-state index >= 15 is 0 Å². The van der Waals surface area contributed by atoms with E-state index in [1.807, 2.05) is 42.6 Å². The van der Waals surface area contributed by atoms with Gasteiger partial charge in [-0.25, -0.2) is 0 Å². The molecule has 0 saturated carbocycles. The first-order valence-electron chi connectivity index (χ1n) is 16.2. The number of nitrogen functional groups attached to an aromatic ring is 1. The van der Waals surface area contributed by atoms with E-state index in [1.54, 1.807) is 24.4 Å². The van der Waals surface area contributed by atoms with Crippen molar-refractivity contribution in [2.45, 2.75) is 0 Å². The number of pyridine rings is 2. The molecule has 0 spiro atoms. The fourth-order valence-electron chi connectivity index (χ4n) is 7.10. The summed E-state index contributed by atoms with van der Waals surface area (Å²) in [5.74, 6) is 0. The summed E-state index contributed by atoms with van der Waals surface area (Å²) in [6, 6.07) is 46.3. The van der Waals surface area contributed by atoms with Crippen LogP contribution in [-0.4, -0.2) is 19.1 Å². The van der Waals surface area contributed by atoms with Crippen LogP contribution in [0.25, 0.3) is 77.5 Å². The van der Waals surface area contributed by atoms with Crippen LogP contribution in [0.5, 0.6) is 0 Å². The maximum Gasteiger partial charge on any atom is 0.101 e. The van der Waals surface area contributed by atoms with Gasteiger partial charge in [0.25, 0.3) is 0 Å². The van der Waals surface area contributed by atoms with Crippen molar-refractivity contribution in [3.63, 3.8) is 0 Å². The van der Waals surface area contributed by atoms with E-state index in [4.69, 9.17) is 15.7 Å². The highest BCUT2D eigenvalue weighted by molar-refractivity contribution is 6.10. The second-order valence-corrected chi connectivity index (χ2v) is 12.3. The average molecular weight is 653 g/mol. The van der Waals surface area contributed by atoms with Gasteiger partial charge in [-0.15, -0.1) is 0 Å². The molecule has 4 aromatic heterocycles. The van der Waals surface area contributed by atoms with Gasteiger partial charge < -0.3 is 14.9 Å². The number of benzene rings is 5. The predicted octanol–water partition coefficient (Wildman–Crippen LogP) is 9.20. The van der Waals surface area contributed by atoms with Crippen LogP contribution >= 0.6 is 0 Å². The van der Waals surface area contributed by atoms with E-state index < -0.39 is 0 Å².